The Balaban J connectivity index is 2.20. The second-order valence-electron chi connectivity index (χ2n) is 5.09. The summed E-state index contributed by atoms with van der Waals surface area (Å²) in [7, 11) is 0. The number of nitrogens with one attached hydrogen (secondary N) is 1. The van der Waals surface area contributed by atoms with Crippen LogP contribution in [0, 0.1) is 5.95 Å². The molecule has 1 N–H and O–H groups in total. The van der Waals surface area contributed by atoms with E-state index < -0.39 is 17.9 Å². The van der Waals surface area contributed by atoms with Crippen LogP contribution in [-0.4, -0.2) is 53.5 Å². The summed E-state index contributed by atoms with van der Waals surface area (Å²) in [5, 5.41) is 2.74. The van der Waals surface area contributed by atoms with Gasteiger partial charge in [-0.3, -0.25) is 9.59 Å². The highest BCUT2D eigenvalue weighted by Crippen LogP contribution is 2.14. The highest BCUT2D eigenvalue weighted by molar-refractivity contribution is 5.97. The van der Waals surface area contributed by atoms with Gasteiger partial charge >= 0.3 is 0 Å². The average Bonchev–Trinajstić information content (AvgIpc) is 2.46. The van der Waals surface area contributed by atoms with Crippen molar-refractivity contribution in [3.8, 4) is 0 Å². The van der Waals surface area contributed by atoms with E-state index >= 15 is 0 Å². The molecule has 0 saturated carbocycles. The summed E-state index contributed by atoms with van der Waals surface area (Å²) >= 11 is 0. The predicted octanol–water partition coefficient (Wildman–Crippen LogP) is 0.586. The molecule has 1 aliphatic heterocycles. The Morgan fingerprint density at radius 1 is 1.52 bits per heavy atom. The van der Waals surface area contributed by atoms with E-state index in [0.717, 1.165) is 0 Å². The van der Waals surface area contributed by atoms with Crippen molar-refractivity contribution in [3.05, 3.63) is 29.8 Å². The lowest BCUT2D eigenvalue weighted by Gasteiger charge is -2.35. The summed E-state index contributed by atoms with van der Waals surface area (Å²) in [6, 6.07) is 2.04. The highest BCUT2D eigenvalue weighted by Gasteiger charge is 2.34. The summed E-state index contributed by atoms with van der Waals surface area (Å²) < 4.78 is 18.9. The van der Waals surface area contributed by atoms with Crippen molar-refractivity contribution in [1.82, 2.24) is 15.2 Å². The van der Waals surface area contributed by atoms with Crippen LogP contribution in [0.15, 0.2) is 18.3 Å². The zero-order valence-electron chi connectivity index (χ0n) is 12.0. The third-order valence-electron chi connectivity index (χ3n) is 3.11. The Morgan fingerprint density at radius 2 is 2.29 bits per heavy atom. The standard InChI is InChI=1S/C14H18FN3O3/c1-9(2)17-13(19)11-8-21-7-6-18(11)14(20)10-4-3-5-16-12(10)15/h3-5,9,11H,6-8H2,1-2H3,(H,17,19). The lowest BCUT2D eigenvalue weighted by Crippen LogP contribution is -2.56. The van der Waals surface area contributed by atoms with Crippen LogP contribution in [0.2, 0.25) is 0 Å². The highest BCUT2D eigenvalue weighted by atomic mass is 19.1. The van der Waals surface area contributed by atoms with E-state index in [2.05, 4.69) is 10.3 Å². The van der Waals surface area contributed by atoms with Gasteiger partial charge in [0.25, 0.3) is 5.91 Å². The van der Waals surface area contributed by atoms with E-state index in [-0.39, 0.29) is 30.7 Å². The molecule has 1 aromatic rings. The lowest BCUT2D eigenvalue weighted by molar-refractivity contribution is -0.131. The third-order valence-corrected chi connectivity index (χ3v) is 3.11. The molecule has 6 nitrogen and oxygen atoms in total. The van der Waals surface area contributed by atoms with Gasteiger partial charge in [-0.1, -0.05) is 0 Å². The van der Waals surface area contributed by atoms with Gasteiger partial charge in [-0.15, -0.1) is 0 Å². The first-order valence-corrected chi connectivity index (χ1v) is 6.80. The normalized spacial score (nSPS) is 18.7. The Morgan fingerprint density at radius 3 is 2.95 bits per heavy atom. The van der Waals surface area contributed by atoms with Gasteiger partial charge < -0.3 is 15.0 Å². The molecule has 0 aliphatic carbocycles. The number of nitrogens with zero attached hydrogens (tertiary/aromatic N) is 2. The van der Waals surface area contributed by atoms with E-state index in [1.807, 2.05) is 13.8 Å². The van der Waals surface area contributed by atoms with Crippen molar-refractivity contribution in [2.24, 2.45) is 0 Å². The molecule has 1 atom stereocenters. The Bertz CT molecular complexity index is 536. The maximum Gasteiger partial charge on any atom is 0.259 e. The number of amides is 2. The van der Waals surface area contributed by atoms with Crippen LogP contribution < -0.4 is 5.32 Å². The molecule has 0 aromatic carbocycles. The Kier molecular flexibility index (Phi) is 4.85. The summed E-state index contributed by atoms with van der Waals surface area (Å²) in [6.07, 6.45) is 1.27. The summed E-state index contributed by atoms with van der Waals surface area (Å²) in [5.74, 6) is -1.69. The molecule has 1 aromatic heterocycles. The first-order valence-electron chi connectivity index (χ1n) is 6.80. The van der Waals surface area contributed by atoms with Crippen LogP contribution >= 0.6 is 0 Å². The van der Waals surface area contributed by atoms with E-state index in [9.17, 15) is 14.0 Å². The molecule has 0 radical (unpaired) electrons. The maximum atomic E-state index is 13.6. The quantitative estimate of drug-likeness (QED) is 0.828. The third kappa shape index (κ3) is 3.55. The van der Waals surface area contributed by atoms with Crippen molar-refractivity contribution in [2.45, 2.75) is 25.9 Å². The number of pyridine rings is 1. The molecule has 1 aliphatic rings. The number of rotatable bonds is 3. The number of ether oxygens (including phenoxy) is 1. The summed E-state index contributed by atoms with van der Waals surface area (Å²) in [4.78, 5) is 29.4. The molecular weight excluding hydrogens is 277 g/mol. The van der Waals surface area contributed by atoms with Gasteiger partial charge in [0.1, 0.15) is 6.04 Å². The summed E-state index contributed by atoms with van der Waals surface area (Å²) in [6.45, 7) is 4.32. The van der Waals surface area contributed by atoms with Gasteiger partial charge in [-0.05, 0) is 26.0 Å². The van der Waals surface area contributed by atoms with E-state index in [0.29, 0.717) is 6.61 Å². The minimum atomic E-state index is -0.836. The molecule has 0 spiro atoms. The molecule has 114 valence electrons. The maximum absolute atomic E-state index is 13.6. The molecule has 2 amide bonds. The number of hydrogen-bond donors (Lipinski definition) is 1. The first-order chi connectivity index (χ1) is 10.0. The van der Waals surface area contributed by atoms with Crippen molar-refractivity contribution < 1.29 is 18.7 Å². The van der Waals surface area contributed by atoms with Gasteiger partial charge in [0, 0.05) is 18.8 Å². The SMILES string of the molecule is CC(C)NC(=O)C1COCCN1C(=O)c1cccnc1F. The molecular formula is C14H18FN3O3. The topological polar surface area (TPSA) is 71.5 Å². The minimum Gasteiger partial charge on any atom is -0.377 e. The average molecular weight is 295 g/mol. The van der Waals surface area contributed by atoms with Crippen molar-refractivity contribution in [2.75, 3.05) is 19.8 Å². The first kappa shape index (κ1) is 15.4. The molecule has 1 fully saturated rings. The van der Waals surface area contributed by atoms with Crippen LogP contribution in [0.3, 0.4) is 0 Å². The number of morpholine rings is 1. The molecule has 0 bridgehead atoms. The molecule has 7 heteroatoms. The molecule has 1 unspecified atom stereocenters. The predicted molar refractivity (Wildman–Crippen MR) is 73.1 cm³/mol. The zero-order chi connectivity index (χ0) is 15.4. The van der Waals surface area contributed by atoms with E-state index in [4.69, 9.17) is 4.74 Å². The van der Waals surface area contributed by atoms with Gasteiger partial charge in [0.05, 0.1) is 18.8 Å². The van der Waals surface area contributed by atoms with Crippen molar-refractivity contribution in [1.29, 1.82) is 0 Å². The minimum absolute atomic E-state index is 0.0495. The van der Waals surface area contributed by atoms with Gasteiger partial charge in [0.2, 0.25) is 11.9 Å². The fourth-order valence-corrected chi connectivity index (χ4v) is 2.14. The van der Waals surface area contributed by atoms with Crippen molar-refractivity contribution >= 4 is 11.8 Å². The second kappa shape index (κ2) is 6.62. The Labute approximate surface area is 122 Å². The number of carbonyl (C=O) groups is 2. The van der Waals surface area contributed by atoms with E-state index in [1.165, 1.54) is 23.2 Å². The second-order valence-corrected chi connectivity index (χ2v) is 5.09. The molecule has 1 saturated heterocycles. The summed E-state index contributed by atoms with van der Waals surface area (Å²) in [5.41, 5.74) is -0.137. The van der Waals surface area contributed by atoms with Crippen LogP contribution in [-0.2, 0) is 9.53 Å². The molecule has 21 heavy (non-hydrogen) atoms. The van der Waals surface area contributed by atoms with Gasteiger partial charge in [-0.2, -0.15) is 4.39 Å². The largest absolute Gasteiger partial charge is 0.377 e. The Hall–Kier alpha value is -2.02. The van der Waals surface area contributed by atoms with Gasteiger partial charge in [-0.25, -0.2) is 4.98 Å². The van der Waals surface area contributed by atoms with Crippen LogP contribution in [0.4, 0.5) is 4.39 Å². The number of hydrogen-bond acceptors (Lipinski definition) is 4. The smallest absolute Gasteiger partial charge is 0.259 e. The lowest BCUT2D eigenvalue weighted by atomic mass is 10.1. The molecule has 2 rings (SSSR count). The molecule has 2 heterocycles. The van der Waals surface area contributed by atoms with Crippen molar-refractivity contribution in [3.63, 3.8) is 0 Å². The van der Waals surface area contributed by atoms with Crippen LogP contribution in [0.5, 0.6) is 0 Å². The monoisotopic (exact) mass is 295 g/mol. The van der Waals surface area contributed by atoms with Crippen LogP contribution in [0.25, 0.3) is 0 Å². The zero-order valence-corrected chi connectivity index (χ0v) is 12.0. The fraction of sp³-hybridized carbons (Fsp3) is 0.500. The van der Waals surface area contributed by atoms with Crippen LogP contribution in [0.1, 0.15) is 24.2 Å². The number of halogens is 1. The number of carbonyl (C=O) groups excluding carboxylic acids is 2. The fourth-order valence-electron chi connectivity index (χ4n) is 2.14. The van der Waals surface area contributed by atoms with Gasteiger partial charge in [0.15, 0.2) is 0 Å². The van der Waals surface area contributed by atoms with E-state index in [1.54, 1.807) is 0 Å². The number of aromatic nitrogens is 1.